The molecule has 0 fully saturated rings. The average Bonchev–Trinajstić information content (AvgIpc) is 3.35. The SMILES string of the molecule is CCCCN(CCCC)c1ccc2nc(/C=C/C3=CC(=C/C=C/c4nc(C(Cl)(Cl)Cl)nc(C(Cl)(Cl)Cl)n4)/CCC3)n(CC(C)C)c2c1. The summed E-state index contributed by atoms with van der Waals surface area (Å²) in [4.78, 5) is 20.0. The van der Waals surface area contributed by atoms with Crippen LogP contribution in [0.3, 0.4) is 0 Å². The number of imidazole rings is 1. The standard InChI is InChI=1S/C35H42Cl6N6/c1-5-7-19-46(20-8-6-2)27-16-17-28-29(22-27)47(23-24(3)4)31(42-28)18-15-26-12-9-11-25(21-26)13-10-14-30-43-32(34(36,37)38)45-33(44-30)35(39,40)41/h10,13-18,21-22,24H,5-9,11-12,19-20,23H2,1-4H3/b14-10+,18-15+,25-13+. The van der Waals surface area contributed by atoms with Crippen LogP contribution in [-0.4, -0.2) is 37.6 Å². The number of hydrogen-bond donors (Lipinski definition) is 0. The molecule has 12 heteroatoms. The molecule has 4 rings (SSSR count). The predicted molar refractivity (Wildman–Crippen MR) is 203 cm³/mol. The second kappa shape index (κ2) is 17.2. The molecule has 47 heavy (non-hydrogen) atoms. The van der Waals surface area contributed by atoms with Crippen LogP contribution in [0.4, 0.5) is 5.69 Å². The van der Waals surface area contributed by atoms with E-state index in [4.69, 9.17) is 74.6 Å². The zero-order valence-electron chi connectivity index (χ0n) is 27.3. The first kappa shape index (κ1) is 38.0. The molecule has 0 saturated heterocycles. The van der Waals surface area contributed by atoms with Gasteiger partial charge in [-0.3, -0.25) is 0 Å². The molecule has 0 N–H and O–H groups in total. The van der Waals surface area contributed by atoms with Crippen molar-refractivity contribution in [2.75, 3.05) is 18.0 Å². The second-order valence-electron chi connectivity index (χ2n) is 12.2. The number of aromatic nitrogens is 5. The van der Waals surface area contributed by atoms with E-state index in [1.54, 1.807) is 6.08 Å². The average molecular weight is 759 g/mol. The minimum Gasteiger partial charge on any atom is -0.371 e. The predicted octanol–water partition coefficient (Wildman–Crippen LogP) is 11.7. The van der Waals surface area contributed by atoms with Crippen LogP contribution in [0.15, 0.2) is 53.6 Å². The Morgan fingerprint density at radius 3 is 2.11 bits per heavy atom. The maximum Gasteiger partial charge on any atom is 0.250 e. The first-order valence-electron chi connectivity index (χ1n) is 16.2. The normalized spacial score (nSPS) is 15.6. The summed E-state index contributed by atoms with van der Waals surface area (Å²) in [5.74, 6) is 1.42. The molecule has 0 bridgehead atoms. The van der Waals surface area contributed by atoms with Crippen molar-refractivity contribution in [2.24, 2.45) is 5.92 Å². The molecule has 1 aromatic carbocycles. The third kappa shape index (κ3) is 11.1. The molecule has 6 nitrogen and oxygen atoms in total. The molecule has 0 saturated carbocycles. The van der Waals surface area contributed by atoms with Crippen LogP contribution in [0.25, 0.3) is 23.2 Å². The molecule has 0 atom stereocenters. The minimum atomic E-state index is -1.90. The molecule has 0 radical (unpaired) electrons. The summed E-state index contributed by atoms with van der Waals surface area (Å²) in [6.45, 7) is 12.1. The Hall–Kier alpha value is -1.80. The number of allylic oxidation sites excluding steroid dienone is 6. The van der Waals surface area contributed by atoms with E-state index in [0.29, 0.717) is 5.92 Å². The third-order valence-electron chi connectivity index (χ3n) is 7.70. The summed E-state index contributed by atoms with van der Waals surface area (Å²) in [6, 6.07) is 6.74. The Kier molecular flexibility index (Phi) is 13.9. The van der Waals surface area contributed by atoms with Gasteiger partial charge in [0.1, 0.15) is 5.82 Å². The highest BCUT2D eigenvalue weighted by molar-refractivity contribution is 6.67. The lowest BCUT2D eigenvalue weighted by atomic mass is 9.94. The van der Waals surface area contributed by atoms with Gasteiger partial charge in [-0.15, -0.1) is 0 Å². The van der Waals surface area contributed by atoms with E-state index in [2.05, 4.69) is 88.5 Å². The smallest absolute Gasteiger partial charge is 0.250 e. The number of alkyl halides is 6. The molecule has 0 spiro atoms. The van der Waals surface area contributed by atoms with E-state index in [0.717, 1.165) is 50.2 Å². The Labute approximate surface area is 308 Å². The van der Waals surface area contributed by atoms with Crippen LogP contribution in [-0.2, 0) is 14.1 Å². The second-order valence-corrected chi connectivity index (χ2v) is 16.7. The van der Waals surface area contributed by atoms with Crippen molar-refractivity contribution in [3.05, 3.63) is 76.9 Å². The van der Waals surface area contributed by atoms with Gasteiger partial charge >= 0.3 is 0 Å². The maximum atomic E-state index is 6.00. The fourth-order valence-corrected chi connectivity index (χ4v) is 5.89. The van der Waals surface area contributed by atoms with Crippen LogP contribution in [0.5, 0.6) is 0 Å². The first-order chi connectivity index (χ1) is 22.3. The lowest BCUT2D eigenvalue weighted by molar-refractivity contribution is 0.530. The molecule has 254 valence electrons. The van der Waals surface area contributed by atoms with Gasteiger partial charge in [-0.05, 0) is 79.5 Å². The highest BCUT2D eigenvalue weighted by Gasteiger charge is 2.33. The van der Waals surface area contributed by atoms with Gasteiger partial charge in [0.25, 0.3) is 0 Å². The minimum absolute atomic E-state index is 0.124. The molecule has 2 heterocycles. The van der Waals surface area contributed by atoms with Crippen LogP contribution in [0, 0.1) is 5.92 Å². The van der Waals surface area contributed by atoms with Crippen molar-refractivity contribution in [2.45, 2.75) is 86.8 Å². The van der Waals surface area contributed by atoms with Gasteiger partial charge in [0.15, 0.2) is 17.5 Å². The number of anilines is 1. The Bertz CT molecular complexity index is 1590. The largest absolute Gasteiger partial charge is 0.371 e. The molecule has 1 aliphatic rings. The fraction of sp³-hybridized carbons (Fsp3) is 0.486. The van der Waals surface area contributed by atoms with Gasteiger partial charge in [-0.2, -0.15) is 0 Å². The molecule has 0 aliphatic heterocycles. The maximum absolute atomic E-state index is 6.00. The quantitative estimate of drug-likeness (QED) is 0.162. The summed E-state index contributed by atoms with van der Waals surface area (Å²) < 4.78 is -1.43. The number of rotatable bonds is 13. The molecular weight excluding hydrogens is 717 g/mol. The first-order valence-corrected chi connectivity index (χ1v) is 18.5. The summed E-state index contributed by atoms with van der Waals surface area (Å²) in [5.41, 5.74) is 5.90. The van der Waals surface area contributed by atoms with Crippen molar-refractivity contribution in [3.8, 4) is 0 Å². The van der Waals surface area contributed by atoms with Crippen molar-refractivity contribution in [1.29, 1.82) is 0 Å². The van der Waals surface area contributed by atoms with Crippen LogP contribution in [0.2, 0.25) is 0 Å². The van der Waals surface area contributed by atoms with Crippen LogP contribution >= 0.6 is 69.6 Å². The number of nitrogens with zero attached hydrogens (tertiary/aromatic N) is 6. The van der Waals surface area contributed by atoms with E-state index in [1.165, 1.54) is 48.0 Å². The summed E-state index contributed by atoms with van der Waals surface area (Å²) in [6.07, 6.45) is 19.8. The van der Waals surface area contributed by atoms with Crippen molar-refractivity contribution >= 4 is 98.5 Å². The van der Waals surface area contributed by atoms with Gasteiger partial charge in [0.2, 0.25) is 7.59 Å². The van der Waals surface area contributed by atoms with Gasteiger partial charge in [-0.1, -0.05) is 134 Å². The molecule has 2 aromatic heterocycles. The highest BCUT2D eigenvalue weighted by atomic mass is 35.6. The zero-order chi connectivity index (χ0) is 34.2. The van der Waals surface area contributed by atoms with E-state index in [-0.39, 0.29) is 17.5 Å². The summed E-state index contributed by atoms with van der Waals surface area (Å²) >= 11 is 36.0. The van der Waals surface area contributed by atoms with Gasteiger partial charge in [0.05, 0.1) is 11.0 Å². The number of hydrogen-bond acceptors (Lipinski definition) is 5. The summed E-state index contributed by atoms with van der Waals surface area (Å²) in [7, 11) is 0. The van der Waals surface area contributed by atoms with E-state index in [9.17, 15) is 0 Å². The number of fused-ring (bicyclic) bond motifs is 1. The molecule has 1 aliphatic carbocycles. The van der Waals surface area contributed by atoms with E-state index < -0.39 is 7.59 Å². The van der Waals surface area contributed by atoms with Gasteiger partial charge in [-0.25, -0.2) is 19.9 Å². The van der Waals surface area contributed by atoms with Gasteiger partial charge in [0, 0.05) is 25.3 Å². The number of benzene rings is 1. The molecule has 3 aromatic rings. The van der Waals surface area contributed by atoms with Crippen LogP contribution < -0.4 is 4.90 Å². The van der Waals surface area contributed by atoms with Crippen molar-refractivity contribution in [3.63, 3.8) is 0 Å². The fourth-order valence-electron chi connectivity index (χ4n) is 5.38. The third-order valence-corrected chi connectivity index (χ3v) is 8.72. The molecule has 0 unspecified atom stereocenters. The van der Waals surface area contributed by atoms with Gasteiger partial charge < -0.3 is 9.47 Å². The van der Waals surface area contributed by atoms with E-state index in [1.807, 2.05) is 12.2 Å². The molecular formula is C35H42Cl6N6. The number of halogens is 6. The van der Waals surface area contributed by atoms with Crippen molar-refractivity contribution in [1.82, 2.24) is 24.5 Å². The van der Waals surface area contributed by atoms with E-state index >= 15 is 0 Å². The highest BCUT2D eigenvalue weighted by Crippen LogP contribution is 2.40. The Morgan fingerprint density at radius 2 is 1.51 bits per heavy atom. The van der Waals surface area contributed by atoms with Crippen LogP contribution in [0.1, 0.15) is 95.9 Å². The lowest BCUT2D eigenvalue weighted by Gasteiger charge is -2.25. The Morgan fingerprint density at radius 1 is 0.851 bits per heavy atom. The van der Waals surface area contributed by atoms with Crippen molar-refractivity contribution < 1.29 is 0 Å². The lowest BCUT2D eigenvalue weighted by Crippen LogP contribution is -2.25. The zero-order valence-corrected chi connectivity index (χ0v) is 31.8. The summed E-state index contributed by atoms with van der Waals surface area (Å²) in [5, 5.41) is 0. The number of unbranched alkanes of at least 4 members (excludes halogenated alkanes) is 2. The topological polar surface area (TPSA) is 59.7 Å². The monoisotopic (exact) mass is 756 g/mol. The molecule has 0 amide bonds. The Balaban J connectivity index is 1.59.